The van der Waals surface area contributed by atoms with Crippen LogP contribution in [0.15, 0.2) is 36.5 Å². The van der Waals surface area contributed by atoms with Gasteiger partial charge in [-0.2, -0.15) is 5.26 Å². The molecule has 0 amide bonds. The third kappa shape index (κ3) is 3.42. The molecular weight excluding hydrogens is 283 g/mol. The summed E-state index contributed by atoms with van der Waals surface area (Å²) in [6.07, 6.45) is -3.41. The number of nitrogens with two attached hydrogens (primary N) is 1. The van der Waals surface area contributed by atoms with Crippen LogP contribution in [0.3, 0.4) is 0 Å². The number of alkyl halides is 3. The van der Waals surface area contributed by atoms with Gasteiger partial charge in [-0.05, 0) is 17.7 Å². The maximum Gasteiger partial charge on any atom is 0.573 e. The van der Waals surface area contributed by atoms with Gasteiger partial charge in [0, 0.05) is 17.3 Å². The maximum absolute atomic E-state index is 12.5. The van der Waals surface area contributed by atoms with Crippen LogP contribution in [0.1, 0.15) is 5.56 Å². The second-order valence-corrected chi connectivity index (χ2v) is 4.11. The van der Waals surface area contributed by atoms with Crippen LogP contribution in [0.4, 0.5) is 19.0 Å². The molecule has 0 unspecified atom stereocenters. The average molecular weight is 293 g/mol. The summed E-state index contributed by atoms with van der Waals surface area (Å²) in [6, 6.07) is 9.08. The first-order chi connectivity index (χ1) is 9.92. The summed E-state index contributed by atoms with van der Waals surface area (Å²) >= 11 is 0. The van der Waals surface area contributed by atoms with E-state index in [-0.39, 0.29) is 29.1 Å². The minimum absolute atomic E-state index is 0.00239. The molecule has 1 aromatic heterocycles. The van der Waals surface area contributed by atoms with Crippen molar-refractivity contribution in [2.24, 2.45) is 0 Å². The molecule has 7 heteroatoms. The van der Waals surface area contributed by atoms with E-state index in [1.165, 1.54) is 24.4 Å². The SMILES string of the molecule is N#CCc1ccnc(N)c1-c1ccccc1OC(F)(F)F. The highest BCUT2D eigenvalue weighted by atomic mass is 19.4. The first-order valence-corrected chi connectivity index (χ1v) is 5.88. The number of ether oxygens (including phenoxy) is 1. The molecule has 2 N–H and O–H groups in total. The van der Waals surface area contributed by atoms with Crippen molar-refractivity contribution in [3.05, 3.63) is 42.1 Å². The molecule has 4 nitrogen and oxygen atoms in total. The van der Waals surface area contributed by atoms with E-state index in [2.05, 4.69) is 9.72 Å². The monoisotopic (exact) mass is 293 g/mol. The number of nitriles is 1. The van der Waals surface area contributed by atoms with Gasteiger partial charge in [-0.15, -0.1) is 13.2 Å². The molecular formula is C14H10F3N3O. The molecule has 0 aliphatic rings. The van der Waals surface area contributed by atoms with Gasteiger partial charge in [-0.3, -0.25) is 0 Å². The minimum atomic E-state index is -4.82. The number of anilines is 1. The topological polar surface area (TPSA) is 71.9 Å². The Balaban J connectivity index is 2.60. The van der Waals surface area contributed by atoms with Gasteiger partial charge in [-0.1, -0.05) is 18.2 Å². The van der Waals surface area contributed by atoms with Gasteiger partial charge in [0.25, 0.3) is 0 Å². The lowest BCUT2D eigenvalue weighted by Crippen LogP contribution is -2.17. The maximum atomic E-state index is 12.5. The summed E-state index contributed by atoms with van der Waals surface area (Å²) in [5.74, 6) is -0.343. The van der Waals surface area contributed by atoms with E-state index in [1.807, 2.05) is 6.07 Å². The third-order valence-electron chi connectivity index (χ3n) is 2.72. The second kappa shape index (κ2) is 5.71. The van der Waals surface area contributed by atoms with E-state index in [0.717, 1.165) is 0 Å². The summed E-state index contributed by atoms with van der Waals surface area (Å²) in [5.41, 5.74) is 6.67. The number of benzene rings is 1. The van der Waals surface area contributed by atoms with Crippen molar-refractivity contribution >= 4 is 5.82 Å². The van der Waals surface area contributed by atoms with Gasteiger partial charge in [0.2, 0.25) is 0 Å². The number of halogens is 3. The highest BCUT2D eigenvalue weighted by Gasteiger charge is 2.32. The number of pyridine rings is 1. The third-order valence-corrected chi connectivity index (χ3v) is 2.72. The zero-order valence-electron chi connectivity index (χ0n) is 10.7. The number of nitrogen functional groups attached to an aromatic ring is 1. The lowest BCUT2D eigenvalue weighted by Gasteiger charge is -2.16. The normalized spacial score (nSPS) is 11.0. The Hall–Kier alpha value is -2.75. The Morgan fingerprint density at radius 3 is 2.62 bits per heavy atom. The standard InChI is InChI=1S/C14H10F3N3O/c15-14(16,17)21-11-4-2-1-3-10(11)12-9(5-7-18)6-8-20-13(12)19/h1-4,6,8H,5H2,(H2,19,20). The predicted molar refractivity (Wildman–Crippen MR) is 70.1 cm³/mol. The van der Waals surface area contributed by atoms with Crippen LogP contribution in [0.2, 0.25) is 0 Å². The van der Waals surface area contributed by atoms with Crippen LogP contribution in [0.25, 0.3) is 11.1 Å². The fourth-order valence-electron chi connectivity index (χ4n) is 1.95. The molecule has 0 bridgehead atoms. The first-order valence-electron chi connectivity index (χ1n) is 5.88. The second-order valence-electron chi connectivity index (χ2n) is 4.11. The summed E-state index contributed by atoms with van der Waals surface area (Å²) < 4.78 is 41.4. The zero-order valence-corrected chi connectivity index (χ0v) is 10.7. The van der Waals surface area contributed by atoms with Crippen LogP contribution in [0, 0.1) is 11.3 Å². The number of hydrogen-bond acceptors (Lipinski definition) is 4. The molecule has 0 atom stereocenters. The largest absolute Gasteiger partial charge is 0.573 e. The number of hydrogen-bond donors (Lipinski definition) is 1. The number of aromatic nitrogens is 1. The lowest BCUT2D eigenvalue weighted by atomic mass is 9.98. The van der Waals surface area contributed by atoms with Gasteiger partial charge in [0.1, 0.15) is 11.6 Å². The van der Waals surface area contributed by atoms with Gasteiger partial charge in [0.15, 0.2) is 0 Å². The first kappa shape index (κ1) is 14.7. The van der Waals surface area contributed by atoms with Crippen molar-refractivity contribution in [2.75, 3.05) is 5.73 Å². The molecule has 0 aliphatic heterocycles. The van der Waals surface area contributed by atoms with Crippen molar-refractivity contribution in [1.29, 1.82) is 5.26 Å². The highest BCUT2D eigenvalue weighted by Crippen LogP contribution is 2.37. The number of para-hydroxylation sites is 1. The quantitative estimate of drug-likeness (QED) is 0.942. The van der Waals surface area contributed by atoms with Gasteiger partial charge in [-0.25, -0.2) is 4.98 Å². The Labute approximate surface area is 118 Å². The molecule has 0 radical (unpaired) electrons. The molecule has 1 aromatic carbocycles. The van der Waals surface area contributed by atoms with Gasteiger partial charge < -0.3 is 10.5 Å². The molecule has 21 heavy (non-hydrogen) atoms. The van der Waals surface area contributed by atoms with Crippen LogP contribution < -0.4 is 10.5 Å². The van der Waals surface area contributed by atoms with Crippen molar-refractivity contribution in [1.82, 2.24) is 4.98 Å². The Bertz CT molecular complexity index is 693. The van der Waals surface area contributed by atoms with Crippen LogP contribution in [0.5, 0.6) is 5.75 Å². The highest BCUT2D eigenvalue weighted by molar-refractivity contribution is 5.81. The van der Waals surface area contributed by atoms with Crippen LogP contribution >= 0.6 is 0 Å². The van der Waals surface area contributed by atoms with Crippen molar-refractivity contribution in [2.45, 2.75) is 12.8 Å². The summed E-state index contributed by atoms with van der Waals surface area (Å²) in [4.78, 5) is 3.87. The predicted octanol–water partition coefficient (Wildman–Crippen LogP) is 3.30. The van der Waals surface area contributed by atoms with Crippen molar-refractivity contribution < 1.29 is 17.9 Å². The van der Waals surface area contributed by atoms with E-state index in [9.17, 15) is 13.2 Å². The molecule has 0 spiro atoms. The van der Waals surface area contributed by atoms with Crippen LogP contribution in [-0.2, 0) is 6.42 Å². The molecule has 0 saturated heterocycles. The molecule has 0 fully saturated rings. The molecule has 1 heterocycles. The van der Waals surface area contributed by atoms with Gasteiger partial charge in [0.05, 0.1) is 12.5 Å². The molecule has 0 aliphatic carbocycles. The van der Waals surface area contributed by atoms with E-state index in [4.69, 9.17) is 11.0 Å². The average Bonchev–Trinajstić information content (AvgIpc) is 2.39. The summed E-state index contributed by atoms with van der Waals surface area (Å²) in [6.45, 7) is 0. The van der Waals surface area contributed by atoms with Crippen molar-refractivity contribution in [3.8, 4) is 22.9 Å². The molecule has 2 aromatic rings. The van der Waals surface area contributed by atoms with E-state index in [0.29, 0.717) is 5.56 Å². The Morgan fingerprint density at radius 2 is 1.95 bits per heavy atom. The van der Waals surface area contributed by atoms with E-state index >= 15 is 0 Å². The molecule has 0 saturated carbocycles. The fraction of sp³-hybridized carbons (Fsp3) is 0.143. The van der Waals surface area contributed by atoms with Crippen molar-refractivity contribution in [3.63, 3.8) is 0 Å². The fourth-order valence-corrected chi connectivity index (χ4v) is 1.95. The van der Waals surface area contributed by atoms with E-state index < -0.39 is 6.36 Å². The summed E-state index contributed by atoms with van der Waals surface area (Å²) in [7, 11) is 0. The van der Waals surface area contributed by atoms with E-state index in [1.54, 1.807) is 12.1 Å². The smallest absolute Gasteiger partial charge is 0.405 e. The molecule has 108 valence electrons. The number of nitrogens with zero attached hydrogens (tertiary/aromatic N) is 2. The Morgan fingerprint density at radius 1 is 1.24 bits per heavy atom. The molecule has 2 rings (SSSR count). The Kier molecular flexibility index (Phi) is 3.98. The van der Waals surface area contributed by atoms with Crippen LogP contribution in [-0.4, -0.2) is 11.3 Å². The number of rotatable bonds is 3. The lowest BCUT2D eigenvalue weighted by molar-refractivity contribution is -0.274. The summed E-state index contributed by atoms with van der Waals surface area (Å²) in [5, 5.41) is 8.82. The minimum Gasteiger partial charge on any atom is -0.405 e. The zero-order chi connectivity index (χ0) is 15.5. The van der Waals surface area contributed by atoms with Gasteiger partial charge >= 0.3 is 6.36 Å².